The monoisotopic (exact) mass is 501 g/mol. The molecule has 9 heteroatoms. The minimum atomic E-state index is -0.554. The highest BCUT2D eigenvalue weighted by molar-refractivity contribution is 5.90. The van der Waals surface area contributed by atoms with Crippen molar-refractivity contribution in [2.24, 2.45) is 0 Å². The Morgan fingerprint density at radius 3 is 2.38 bits per heavy atom. The third-order valence-corrected chi connectivity index (χ3v) is 5.46. The number of fused-ring (bicyclic) bond motifs is 1. The normalized spacial score (nSPS) is 11.2. The lowest BCUT2D eigenvalue weighted by Gasteiger charge is -2.19. The molecule has 9 nitrogen and oxygen atoms in total. The Bertz CT molecular complexity index is 1440. The number of benzene rings is 2. The van der Waals surface area contributed by atoms with E-state index in [1.54, 1.807) is 0 Å². The lowest BCUT2D eigenvalue weighted by Crippen LogP contribution is -2.32. The molecule has 1 amide bonds. The van der Waals surface area contributed by atoms with Crippen molar-refractivity contribution < 1.29 is 14.4 Å². The van der Waals surface area contributed by atoms with Crippen LogP contribution in [0.3, 0.4) is 0 Å². The van der Waals surface area contributed by atoms with Crippen LogP contribution in [0.15, 0.2) is 71.8 Å². The maximum atomic E-state index is 13.0. The van der Waals surface area contributed by atoms with E-state index in [4.69, 9.17) is 9.57 Å². The summed E-state index contributed by atoms with van der Waals surface area (Å²) >= 11 is 0. The molecular weight excluding hydrogens is 470 g/mol. The van der Waals surface area contributed by atoms with Gasteiger partial charge in [0.15, 0.2) is 5.65 Å². The molecule has 4 rings (SSSR count). The van der Waals surface area contributed by atoms with Crippen LogP contribution in [0.4, 0.5) is 10.5 Å². The number of aromatic nitrogens is 3. The third kappa shape index (κ3) is 6.84. The molecule has 0 fully saturated rings. The van der Waals surface area contributed by atoms with Crippen LogP contribution in [0.1, 0.15) is 43.2 Å². The van der Waals surface area contributed by atoms with Crippen LogP contribution in [0.5, 0.6) is 0 Å². The number of rotatable bonds is 8. The maximum absolute atomic E-state index is 13.0. The van der Waals surface area contributed by atoms with Crippen molar-refractivity contribution in [1.82, 2.24) is 20.0 Å². The summed E-state index contributed by atoms with van der Waals surface area (Å²) in [7, 11) is 0. The van der Waals surface area contributed by atoms with E-state index in [2.05, 4.69) is 20.6 Å². The second-order valence-electron chi connectivity index (χ2n) is 9.64. The molecule has 0 spiro atoms. The Morgan fingerprint density at radius 2 is 1.65 bits per heavy atom. The highest BCUT2D eigenvalue weighted by Crippen LogP contribution is 2.23. The fraction of sp³-hybridized carbons (Fsp3) is 0.286. The van der Waals surface area contributed by atoms with Crippen molar-refractivity contribution in [3.05, 3.63) is 99.7 Å². The summed E-state index contributed by atoms with van der Waals surface area (Å²) in [6.07, 6.45) is 0.956. The topological polar surface area (TPSA) is 107 Å². The van der Waals surface area contributed by atoms with Crippen LogP contribution in [0.2, 0.25) is 0 Å². The van der Waals surface area contributed by atoms with E-state index in [0.29, 0.717) is 29.8 Å². The number of carbonyl (C=O) groups excluding carboxylic acids is 1. The summed E-state index contributed by atoms with van der Waals surface area (Å²) in [6.45, 7) is 8.36. The van der Waals surface area contributed by atoms with Gasteiger partial charge in [0.2, 0.25) is 0 Å². The first-order valence-electron chi connectivity index (χ1n) is 12.0. The molecule has 0 aliphatic carbocycles. The molecule has 4 aromatic rings. The second kappa shape index (κ2) is 11.1. The molecule has 0 atom stereocenters. The predicted molar refractivity (Wildman–Crippen MR) is 142 cm³/mol. The number of anilines is 1. The average Bonchev–Trinajstić information content (AvgIpc) is 2.85. The van der Waals surface area contributed by atoms with Gasteiger partial charge in [-0.2, -0.15) is 0 Å². The van der Waals surface area contributed by atoms with E-state index in [9.17, 15) is 9.59 Å². The number of nitrogens with one attached hydrogen (secondary N) is 2. The first kappa shape index (κ1) is 25.7. The van der Waals surface area contributed by atoms with Crippen LogP contribution in [-0.2, 0) is 24.4 Å². The van der Waals surface area contributed by atoms with Gasteiger partial charge in [0.05, 0.1) is 16.8 Å². The molecule has 0 saturated carbocycles. The molecule has 0 aliphatic rings. The minimum absolute atomic E-state index is 0.232. The highest BCUT2D eigenvalue weighted by atomic mass is 16.7. The Kier molecular flexibility index (Phi) is 7.71. The fourth-order valence-electron chi connectivity index (χ4n) is 3.80. The van der Waals surface area contributed by atoms with Crippen molar-refractivity contribution in [3.8, 4) is 0 Å². The van der Waals surface area contributed by atoms with Gasteiger partial charge in [-0.25, -0.2) is 14.8 Å². The number of aryl methyl sites for hydroxylation is 1. The van der Waals surface area contributed by atoms with Crippen molar-refractivity contribution in [3.63, 3.8) is 0 Å². The van der Waals surface area contributed by atoms with E-state index in [1.807, 2.05) is 82.3 Å². The van der Waals surface area contributed by atoms with E-state index in [0.717, 1.165) is 22.4 Å². The van der Waals surface area contributed by atoms with E-state index >= 15 is 0 Å². The molecule has 0 radical (unpaired) electrons. The van der Waals surface area contributed by atoms with E-state index in [1.165, 1.54) is 17.1 Å². The quantitative estimate of drug-likeness (QED) is 0.369. The Morgan fingerprint density at radius 1 is 0.946 bits per heavy atom. The molecular formula is C28H31N5O4. The van der Waals surface area contributed by atoms with E-state index < -0.39 is 11.7 Å². The summed E-state index contributed by atoms with van der Waals surface area (Å²) < 4.78 is 6.51. The molecule has 192 valence electrons. The standard InChI is InChI=1S/C28H31N5O4/c1-19-25-23(29-15-21-11-8-12-22(13-21)16-30-27(35)37-28(2,3)4)14-24(34)33(26(25)32-18-31-19)36-17-20-9-6-5-7-10-20/h5-14,18,29H,15-17H2,1-4H3,(H,30,35). The zero-order valence-electron chi connectivity index (χ0n) is 21.4. The van der Waals surface area contributed by atoms with Crippen LogP contribution < -0.4 is 21.0 Å². The van der Waals surface area contributed by atoms with Gasteiger partial charge in [0.25, 0.3) is 5.56 Å². The summed E-state index contributed by atoms with van der Waals surface area (Å²) in [5, 5.41) is 6.82. The molecule has 2 aromatic heterocycles. The fourth-order valence-corrected chi connectivity index (χ4v) is 3.80. The number of hydrogen-bond donors (Lipinski definition) is 2. The van der Waals surface area contributed by atoms with Gasteiger partial charge in [-0.05, 0) is 44.4 Å². The Hall–Kier alpha value is -4.40. The van der Waals surface area contributed by atoms with Crippen molar-refractivity contribution in [2.75, 3.05) is 5.32 Å². The number of amides is 1. The van der Waals surface area contributed by atoms with Crippen LogP contribution >= 0.6 is 0 Å². The van der Waals surface area contributed by atoms with Gasteiger partial charge < -0.3 is 20.2 Å². The number of hydrogen-bond acceptors (Lipinski definition) is 7. The maximum Gasteiger partial charge on any atom is 0.407 e. The van der Waals surface area contributed by atoms with E-state index in [-0.39, 0.29) is 12.2 Å². The van der Waals surface area contributed by atoms with Crippen molar-refractivity contribution >= 4 is 22.8 Å². The molecule has 2 aromatic carbocycles. The van der Waals surface area contributed by atoms with Gasteiger partial charge in [-0.1, -0.05) is 54.6 Å². The smallest absolute Gasteiger partial charge is 0.407 e. The lowest BCUT2D eigenvalue weighted by atomic mass is 10.1. The Labute approximate surface area is 215 Å². The average molecular weight is 502 g/mol. The van der Waals surface area contributed by atoms with Crippen molar-refractivity contribution in [2.45, 2.75) is 53.0 Å². The molecule has 0 saturated heterocycles. The number of alkyl carbamates (subject to hydrolysis) is 1. The summed E-state index contributed by atoms with van der Waals surface area (Å²) in [6, 6.07) is 18.9. The summed E-state index contributed by atoms with van der Waals surface area (Å²) in [5.74, 6) is 0. The lowest BCUT2D eigenvalue weighted by molar-refractivity contribution is 0.0523. The van der Waals surface area contributed by atoms with Gasteiger partial charge in [-0.15, -0.1) is 4.73 Å². The largest absolute Gasteiger partial charge is 0.444 e. The zero-order valence-corrected chi connectivity index (χ0v) is 21.4. The number of nitrogens with zero attached hydrogens (tertiary/aromatic N) is 3. The summed E-state index contributed by atoms with van der Waals surface area (Å²) in [5.41, 5.74) is 3.70. The molecule has 0 aliphatic heterocycles. The van der Waals surface area contributed by atoms with Gasteiger partial charge in [0, 0.05) is 19.2 Å². The third-order valence-electron chi connectivity index (χ3n) is 5.46. The SMILES string of the molecule is Cc1ncnc2c1c(NCc1cccc(CNC(=O)OC(C)(C)C)c1)cc(=O)n2OCc1ccccc1. The minimum Gasteiger partial charge on any atom is -0.444 e. The number of ether oxygens (including phenoxy) is 1. The predicted octanol–water partition coefficient (Wildman–Crippen LogP) is 4.37. The zero-order chi connectivity index (χ0) is 26.4. The van der Waals surface area contributed by atoms with Gasteiger partial charge in [0.1, 0.15) is 18.5 Å². The van der Waals surface area contributed by atoms with Crippen LogP contribution in [-0.4, -0.2) is 26.4 Å². The van der Waals surface area contributed by atoms with Crippen LogP contribution in [0.25, 0.3) is 11.0 Å². The number of carbonyl (C=O) groups is 1. The molecule has 37 heavy (non-hydrogen) atoms. The molecule has 0 bridgehead atoms. The highest BCUT2D eigenvalue weighted by Gasteiger charge is 2.16. The number of pyridine rings is 1. The molecule has 2 heterocycles. The van der Waals surface area contributed by atoms with Gasteiger partial charge >= 0.3 is 6.09 Å². The summed E-state index contributed by atoms with van der Waals surface area (Å²) in [4.78, 5) is 39.5. The molecule has 2 N–H and O–H groups in total. The van der Waals surface area contributed by atoms with Crippen molar-refractivity contribution in [1.29, 1.82) is 0 Å². The first-order chi connectivity index (χ1) is 17.7. The Balaban J connectivity index is 1.50. The first-order valence-corrected chi connectivity index (χ1v) is 12.0. The second-order valence-corrected chi connectivity index (χ2v) is 9.64. The molecule has 0 unspecified atom stereocenters. The van der Waals surface area contributed by atoms with Gasteiger partial charge in [-0.3, -0.25) is 4.79 Å². The van der Waals surface area contributed by atoms with Crippen LogP contribution in [0, 0.1) is 6.92 Å².